The molecule has 146 valence electrons. The summed E-state index contributed by atoms with van der Waals surface area (Å²) in [6.07, 6.45) is 8.50. The van der Waals surface area contributed by atoms with E-state index in [0.29, 0.717) is 23.8 Å². The zero-order valence-electron chi connectivity index (χ0n) is 15.9. The van der Waals surface area contributed by atoms with Gasteiger partial charge in [0.1, 0.15) is 0 Å². The van der Waals surface area contributed by atoms with E-state index in [4.69, 9.17) is 14.6 Å². The Morgan fingerprint density at radius 3 is 2.56 bits per heavy atom. The SMILES string of the molecule is C/C=C\C=C(/CC)OCCSC/C=N/N=C(\OC)c1ccc(C(=O)O)cc1. The predicted molar refractivity (Wildman–Crippen MR) is 112 cm³/mol. The third-order valence-electron chi connectivity index (χ3n) is 3.33. The summed E-state index contributed by atoms with van der Waals surface area (Å²) in [5.74, 6) is 1.90. The average Bonchev–Trinajstić information content (AvgIpc) is 2.69. The zero-order valence-corrected chi connectivity index (χ0v) is 16.7. The van der Waals surface area contributed by atoms with Crippen molar-refractivity contribution in [1.82, 2.24) is 0 Å². The van der Waals surface area contributed by atoms with Crippen molar-refractivity contribution in [3.63, 3.8) is 0 Å². The fraction of sp³-hybridized carbons (Fsp3) is 0.350. The molecule has 0 amide bonds. The highest BCUT2D eigenvalue weighted by Gasteiger charge is 2.06. The molecule has 0 aliphatic rings. The lowest BCUT2D eigenvalue weighted by atomic mass is 10.1. The molecule has 1 aromatic carbocycles. The third kappa shape index (κ3) is 9.10. The number of benzene rings is 1. The van der Waals surface area contributed by atoms with Gasteiger partial charge in [-0.05, 0) is 37.3 Å². The lowest BCUT2D eigenvalue weighted by Crippen LogP contribution is -2.04. The van der Waals surface area contributed by atoms with Crippen LogP contribution in [0.3, 0.4) is 0 Å². The number of allylic oxidation sites excluding steroid dienone is 4. The summed E-state index contributed by atoms with van der Waals surface area (Å²) < 4.78 is 10.9. The van der Waals surface area contributed by atoms with E-state index in [1.54, 1.807) is 30.1 Å². The van der Waals surface area contributed by atoms with Crippen molar-refractivity contribution in [2.45, 2.75) is 20.3 Å². The van der Waals surface area contributed by atoms with E-state index in [0.717, 1.165) is 17.9 Å². The first-order chi connectivity index (χ1) is 13.1. The molecule has 6 nitrogen and oxygen atoms in total. The van der Waals surface area contributed by atoms with E-state index in [2.05, 4.69) is 17.1 Å². The van der Waals surface area contributed by atoms with Crippen molar-refractivity contribution in [1.29, 1.82) is 0 Å². The van der Waals surface area contributed by atoms with Gasteiger partial charge in [0.25, 0.3) is 0 Å². The summed E-state index contributed by atoms with van der Waals surface area (Å²) in [5, 5.41) is 17.0. The van der Waals surface area contributed by atoms with Crippen LogP contribution in [-0.4, -0.2) is 48.4 Å². The van der Waals surface area contributed by atoms with Crippen molar-refractivity contribution in [3.8, 4) is 0 Å². The maximum absolute atomic E-state index is 10.9. The van der Waals surface area contributed by atoms with Gasteiger partial charge in [-0.3, -0.25) is 0 Å². The molecule has 0 saturated carbocycles. The number of ether oxygens (including phenoxy) is 2. The molecular formula is C20H26N2O4S. The van der Waals surface area contributed by atoms with Gasteiger partial charge in [-0.15, -0.1) is 5.10 Å². The van der Waals surface area contributed by atoms with E-state index < -0.39 is 5.97 Å². The predicted octanol–water partition coefficient (Wildman–Crippen LogP) is 4.38. The van der Waals surface area contributed by atoms with Crippen LogP contribution in [0.4, 0.5) is 0 Å². The van der Waals surface area contributed by atoms with Gasteiger partial charge in [-0.25, -0.2) is 4.79 Å². The van der Waals surface area contributed by atoms with Crippen LogP contribution in [0.1, 0.15) is 36.2 Å². The Balaban J connectivity index is 2.39. The molecule has 1 aromatic rings. The van der Waals surface area contributed by atoms with Gasteiger partial charge >= 0.3 is 5.97 Å². The number of nitrogens with zero attached hydrogens (tertiary/aromatic N) is 2. The number of carboxylic acids is 1. The summed E-state index contributed by atoms with van der Waals surface area (Å²) in [6.45, 7) is 4.69. The highest BCUT2D eigenvalue weighted by atomic mass is 32.2. The van der Waals surface area contributed by atoms with E-state index in [1.165, 1.54) is 19.2 Å². The third-order valence-corrected chi connectivity index (χ3v) is 4.17. The quantitative estimate of drug-likeness (QED) is 0.151. The second kappa shape index (κ2) is 13.6. The fourth-order valence-electron chi connectivity index (χ4n) is 1.94. The van der Waals surface area contributed by atoms with Gasteiger partial charge in [0, 0.05) is 29.7 Å². The molecule has 0 spiro atoms. The maximum Gasteiger partial charge on any atom is 0.335 e. The second-order valence-corrected chi connectivity index (χ2v) is 6.38. The molecule has 0 aromatic heterocycles. The van der Waals surface area contributed by atoms with Crippen LogP contribution in [0.2, 0.25) is 0 Å². The molecule has 0 aliphatic carbocycles. The maximum atomic E-state index is 10.9. The highest BCUT2D eigenvalue weighted by molar-refractivity contribution is 7.99. The summed E-state index contributed by atoms with van der Waals surface area (Å²) in [4.78, 5) is 10.9. The Bertz CT molecular complexity index is 694. The Labute approximate surface area is 164 Å². The van der Waals surface area contributed by atoms with E-state index >= 15 is 0 Å². The summed E-state index contributed by atoms with van der Waals surface area (Å²) in [6, 6.07) is 6.28. The minimum Gasteiger partial charge on any atom is -0.497 e. The van der Waals surface area contributed by atoms with E-state index in [1.807, 2.05) is 25.2 Å². The highest BCUT2D eigenvalue weighted by Crippen LogP contribution is 2.08. The van der Waals surface area contributed by atoms with Gasteiger partial charge in [0.05, 0.1) is 25.0 Å². The molecule has 27 heavy (non-hydrogen) atoms. The number of hydrogen-bond acceptors (Lipinski definition) is 6. The lowest BCUT2D eigenvalue weighted by molar-refractivity contribution is 0.0697. The molecule has 0 fully saturated rings. The normalized spacial score (nSPS) is 12.7. The molecular weight excluding hydrogens is 364 g/mol. The van der Waals surface area contributed by atoms with Crippen LogP contribution in [0, 0.1) is 0 Å². The molecule has 0 aliphatic heterocycles. The Hall–Kier alpha value is -2.54. The largest absolute Gasteiger partial charge is 0.497 e. The topological polar surface area (TPSA) is 80.5 Å². The molecule has 1 N–H and O–H groups in total. The van der Waals surface area contributed by atoms with Crippen molar-refractivity contribution in [2.75, 3.05) is 25.2 Å². The van der Waals surface area contributed by atoms with Crippen LogP contribution in [0.15, 0.2) is 58.5 Å². The minimum atomic E-state index is -0.972. The lowest BCUT2D eigenvalue weighted by Gasteiger charge is -2.07. The summed E-state index contributed by atoms with van der Waals surface area (Å²) in [5.41, 5.74) is 0.879. The molecule has 7 heteroatoms. The van der Waals surface area contributed by atoms with Crippen molar-refractivity contribution in [3.05, 3.63) is 59.4 Å². The number of rotatable bonds is 11. The molecule has 0 unspecified atom stereocenters. The Kier molecular flexibility index (Phi) is 11.4. The van der Waals surface area contributed by atoms with Crippen LogP contribution in [-0.2, 0) is 9.47 Å². The zero-order chi connectivity index (χ0) is 19.9. The van der Waals surface area contributed by atoms with Gasteiger partial charge in [0.2, 0.25) is 5.90 Å². The number of carboxylic acid groups (broad SMARTS) is 1. The second-order valence-electron chi connectivity index (χ2n) is 5.23. The van der Waals surface area contributed by atoms with Gasteiger partial charge < -0.3 is 14.6 Å². The average molecular weight is 391 g/mol. The van der Waals surface area contributed by atoms with Crippen LogP contribution in [0.5, 0.6) is 0 Å². The van der Waals surface area contributed by atoms with Crippen molar-refractivity contribution < 1.29 is 19.4 Å². The first-order valence-electron chi connectivity index (χ1n) is 8.62. The van der Waals surface area contributed by atoms with Crippen molar-refractivity contribution in [2.24, 2.45) is 10.2 Å². The minimum absolute atomic E-state index is 0.211. The van der Waals surface area contributed by atoms with Crippen LogP contribution >= 0.6 is 11.8 Å². The van der Waals surface area contributed by atoms with E-state index in [-0.39, 0.29) is 5.56 Å². The number of carbonyl (C=O) groups is 1. The first-order valence-corrected chi connectivity index (χ1v) is 9.77. The molecule has 0 heterocycles. The molecule has 0 bridgehead atoms. The fourth-order valence-corrected chi connectivity index (χ4v) is 2.48. The van der Waals surface area contributed by atoms with Gasteiger partial charge in [-0.1, -0.05) is 19.1 Å². The smallest absolute Gasteiger partial charge is 0.335 e. The standard InChI is InChI=1S/C20H26N2O4S/c1-4-6-7-18(5-2)26-13-15-27-14-12-21-22-19(25-3)16-8-10-17(11-9-16)20(23)24/h4,6-12H,5,13-15H2,1-3H3,(H,23,24)/b6-4-,18-7+,21-12+,22-19-. The van der Waals surface area contributed by atoms with Crippen LogP contribution < -0.4 is 0 Å². The molecule has 0 saturated heterocycles. The summed E-state index contributed by atoms with van der Waals surface area (Å²) >= 11 is 1.69. The number of thioether (sulfide) groups is 1. The first kappa shape index (κ1) is 22.5. The van der Waals surface area contributed by atoms with Crippen LogP contribution in [0.25, 0.3) is 0 Å². The molecule has 1 rings (SSSR count). The number of aromatic carboxylic acids is 1. The van der Waals surface area contributed by atoms with Gasteiger partial charge in [-0.2, -0.15) is 16.9 Å². The summed E-state index contributed by atoms with van der Waals surface area (Å²) in [7, 11) is 1.50. The Morgan fingerprint density at radius 1 is 1.26 bits per heavy atom. The molecule has 0 radical (unpaired) electrons. The number of hydrogen-bond donors (Lipinski definition) is 1. The monoisotopic (exact) mass is 390 g/mol. The Morgan fingerprint density at radius 2 is 1.96 bits per heavy atom. The van der Waals surface area contributed by atoms with Crippen molar-refractivity contribution >= 4 is 29.8 Å². The van der Waals surface area contributed by atoms with Gasteiger partial charge in [0.15, 0.2) is 0 Å². The van der Waals surface area contributed by atoms with E-state index in [9.17, 15) is 4.79 Å². The number of methoxy groups -OCH3 is 1. The molecule has 0 atom stereocenters.